The number of esters is 1. The smallest absolute Gasteiger partial charge is 0.306 e. The molecule has 1 heterocycles. The first-order valence-electron chi connectivity index (χ1n) is 38.2. The number of nitrogens with one attached hydrogen (secondary N) is 1. The predicted octanol–water partition coefficient (Wildman–Crippen LogP) is 20.2. The van der Waals surface area contributed by atoms with Crippen LogP contribution in [0.15, 0.2) is 72.9 Å². The quantitative estimate of drug-likeness (QED) is 0.0195. The number of carbonyl (C=O) groups excluding carboxylic acids is 2. The molecule has 0 aromatic carbocycles. The second-order valence-corrected chi connectivity index (χ2v) is 26.4. The summed E-state index contributed by atoms with van der Waals surface area (Å²) in [5.41, 5.74) is 0. The summed E-state index contributed by atoms with van der Waals surface area (Å²) in [7, 11) is 0. The van der Waals surface area contributed by atoms with E-state index in [0.717, 1.165) is 96.3 Å². The molecular formula is C79H143NO10. The molecule has 0 bridgehead atoms. The molecule has 11 nitrogen and oxygen atoms in total. The number of hydrogen-bond acceptors (Lipinski definition) is 10. The molecule has 8 atom stereocenters. The van der Waals surface area contributed by atoms with Crippen LogP contribution in [0.3, 0.4) is 0 Å². The van der Waals surface area contributed by atoms with Crippen molar-refractivity contribution < 1.29 is 49.3 Å². The Morgan fingerprint density at radius 2 is 0.800 bits per heavy atom. The molecule has 1 rings (SSSR count). The first-order valence-corrected chi connectivity index (χ1v) is 38.2. The van der Waals surface area contributed by atoms with Gasteiger partial charge in [-0.2, -0.15) is 0 Å². The molecule has 1 fully saturated rings. The van der Waals surface area contributed by atoms with E-state index in [-0.39, 0.29) is 19.4 Å². The fourth-order valence-corrected chi connectivity index (χ4v) is 11.9. The molecule has 1 aliphatic rings. The summed E-state index contributed by atoms with van der Waals surface area (Å²) in [5, 5.41) is 57.4. The maximum atomic E-state index is 13.5. The van der Waals surface area contributed by atoms with Crippen LogP contribution in [-0.4, -0.2) is 99.6 Å². The Morgan fingerprint density at radius 3 is 1.20 bits per heavy atom. The highest BCUT2D eigenvalue weighted by Crippen LogP contribution is 2.27. The lowest BCUT2D eigenvalue weighted by molar-refractivity contribution is -0.305. The zero-order chi connectivity index (χ0) is 65.3. The van der Waals surface area contributed by atoms with Gasteiger partial charge in [0.05, 0.1) is 25.4 Å². The van der Waals surface area contributed by atoms with Crippen LogP contribution in [0.1, 0.15) is 355 Å². The fraction of sp³-hybridized carbons (Fsp3) is 0.823. The number of hydrogen-bond donors (Lipinski definition) is 6. The SMILES string of the molecule is CC/C=C\C/C=C\C/C=C\C/C=C\C/C=C\CCCCCCCCCCCCC(O)C(=O)NC(COC1OC(CO)C(O)C(O)C1OC(=O)CCCCCCCCCCCCCCCCCCCCCCCCC)C(O)/C=C/CCCCCCCCCCCC. The number of carbonyl (C=O) groups is 2. The number of aliphatic hydroxyl groups excluding tert-OH is 5. The van der Waals surface area contributed by atoms with Crippen molar-refractivity contribution in [1.82, 2.24) is 5.32 Å². The van der Waals surface area contributed by atoms with Gasteiger partial charge in [-0.3, -0.25) is 9.59 Å². The van der Waals surface area contributed by atoms with Crippen LogP contribution < -0.4 is 5.32 Å². The van der Waals surface area contributed by atoms with Crippen molar-refractivity contribution in [2.75, 3.05) is 13.2 Å². The highest BCUT2D eigenvalue weighted by atomic mass is 16.7. The topological polar surface area (TPSA) is 175 Å². The lowest BCUT2D eigenvalue weighted by atomic mass is 9.99. The van der Waals surface area contributed by atoms with Gasteiger partial charge in [0, 0.05) is 6.42 Å². The highest BCUT2D eigenvalue weighted by molar-refractivity contribution is 5.80. The molecule has 0 spiro atoms. The molecule has 90 heavy (non-hydrogen) atoms. The fourth-order valence-electron chi connectivity index (χ4n) is 11.9. The van der Waals surface area contributed by atoms with E-state index in [1.54, 1.807) is 6.08 Å². The normalized spacial score (nSPS) is 18.4. The minimum atomic E-state index is -1.61. The van der Waals surface area contributed by atoms with Crippen molar-refractivity contribution in [3.63, 3.8) is 0 Å². The van der Waals surface area contributed by atoms with Crippen LogP contribution in [0.4, 0.5) is 0 Å². The molecule has 0 radical (unpaired) electrons. The van der Waals surface area contributed by atoms with Gasteiger partial charge in [-0.25, -0.2) is 0 Å². The zero-order valence-corrected chi connectivity index (χ0v) is 58.5. The second kappa shape index (κ2) is 66.1. The molecule has 8 unspecified atom stereocenters. The summed E-state index contributed by atoms with van der Waals surface area (Å²) in [6.07, 6.45) is 76.6. The van der Waals surface area contributed by atoms with E-state index in [0.29, 0.717) is 12.8 Å². The van der Waals surface area contributed by atoms with Gasteiger partial charge >= 0.3 is 5.97 Å². The van der Waals surface area contributed by atoms with Gasteiger partial charge in [0.2, 0.25) is 5.91 Å². The van der Waals surface area contributed by atoms with Gasteiger partial charge in [-0.05, 0) is 70.6 Å². The standard InChI is InChI=1S/C79H143NO10/c1-4-7-10-13-16-19-22-25-27-29-31-33-35-36-37-39-40-42-44-46-48-51-54-57-60-63-66-72(83)78(87)80-70(71(82)65-62-59-56-53-50-24-21-18-15-12-9-6-3)69-88-79-77(76(86)75(85)73(68-81)89-79)90-74(84)67-64-61-58-55-52-49-47-45-43-41-38-34-32-30-28-26-23-20-17-14-11-8-5-2/h7,10,16,19,25,27,31,33,36-37,62,65,70-73,75-77,79,81-83,85-86H,4-6,8-9,11-15,17-18,20-24,26,28-30,32,34-35,38-61,63-64,66-69H2,1-3H3,(H,80,87)/b10-7-,19-16-,27-25-,33-31-,37-36-,65-62+. The van der Waals surface area contributed by atoms with Crippen molar-refractivity contribution in [2.24, 2.45) is 0 Å². The van der Waals surface area contributed by atoms with E-state index >= 15 is 0 Å². The van der Waals surface area contributed by atoms with Crippen LogP contribution in [0.5, 0.6) is 0 Å². The average molecular weight is 1270 g/mol. The third kappa shape index (κ3) is 52.5. The lowest BCUT2D eigenvalue weighted by Gasteiger charge is -2.41. The van der Waals surface area contributed by atoms with Crippen molar-refractivity contribution in [2.45, 2.75) is 404 Å². The van der Waals surface area contributed by atoms with E-state index in [1.165, 1.54) is 212 Å². The van der Waals surface area contributed by atoms with Gasteiger partial charge in [0.15, 0.2) is 12.4 Å². The summed E-state index contributed by atoms with van der Waals surface area (Å²) in [4.78, 5) is 26.7. The predicted molar refractivity (Wildman–Crippen MR) is 379 cm³/mol. The molecule has 524 valence electrons. The van der Waals surface area contributed by atoms with Crippen molar-refractivity contribution >= 4 is 11.9 Å². The first kappa shape index (κ1) is 85.1. The summed E-state index contributed by atoms with van der Waals surface area (Å²) in [5.74, 6) is -1.18. The van der Waals surface area contributed by atoms with Crippen LogP contribution in [0.25, 0.3) is 0 Å². The van der Waals surface area contributed by atoms with Gasteiger partial charge in [0.25, 0.3) is 0 Å². The van der Waals surface area contributed by atoms with Crippen LogP contribution >= 0.6 is 0 Å². The number of amides is 1. The second-order valence-electron chi connectivity index (χ2n) is 26.4. The van der Waals surface area contributed by atoms with Gasteiger partial charge in [0.1, 0.15) is 24.4 Å². The summed E-state index contributed by atoms with van der Waals surface area (Å²) < 4.78 is 17.7. The van der Waals surface area contributed by atoms with Gasteiger partial charge < -0.3 is 45.1 Å². The molecule has 1 aliphatic heterocycles. The Hall–Kier alpha value is -2.90. The van der Waals surface area contributed by atoms with Crippen LogP contribution in [0.2, 0.25) is 0 Å². The van der Waals surface area contributed by atoms with Crippen LogP contribution in [-0.2, 0) is 23.8 Å². The minimum Gasteiger partial charge on any atom is -0.454 e. The molecule has 0 aromatic rings. The average Bonchev–Trinajstić information content (AvgIpc) is 1.11. The Kier molecular flexibility index (Phi) is 62.5. The van der Waals surface area contributed by atoms with E-state index < -0.39 is 67.4 Å². The number of allylic oxidation sites excluding steroid dienone is 11. The molecule has 1 amide bonds. The summed E-state index contributed by atoms with van der Waals surface area (Å²) in [6.45, 7) is 5.73. The lowest BCUT2D eigenvalue weighted by Crippen LogP contribution is -2.61. The van der Waals surface area contributed by atoms with Crippen LogP contribution in [0, 0.1) is 0 Å². The zero-order valence-electron chi connectivity index (χ0n) is 58.5. The third-order valence-electron chi connectivity index (χ3n) is 17.9. The maximum absolute atomic E-state index is 13.5. The monoisotopic (exact) mass is 1270 g/mol. The Bertz CT molecular complexity index is 1750. The molecular weight excluding hydrogens is 1120 g/mol. The van der Waals surface area contributed by atoms with E-state index in [2.05, 4.69) is 86.8 Å². The Balaban J connectivity index is 2.52. The third-order valence-corrected chi connectivity index (χ3v) is 17.9. The molecule has 1 saturated heterocycles. The molecule has 6 N–H and O–H groups in total. The summed E-state index contributed by atoms with van der Waals surface area (Å²) >= 11 is 0. The number of aliphatic hydroxyl groups is 5. The molecule has 0 aromatic heterocycles. The Labute approximate surface area is 553 Å². The van der Waals surface area contributed by atoms with Crippen molar-refractivity contribution in [3.05, 3.63) is 72.9 Å². The first-order chi connectivity index (χ1) is 44.2. The molecule has 0 saturated carbocycles. The minimum absolute atomic E-state index is 0.127. The maximum Gasteiger partial charge on any atom is 0.306 e. The highest BCUT2D eigenvalue weighted by Gasteiger charge is 2.47. The number of unbranched alkanes of at least 4 members (excludes halogenated alkanes) is 42. The van der Waals surface area contributed by atoms with E-state index in [9.17, 15) is 35.1 Å². The van der Waals surface area contributed by atoms with E-state index in [4.69, 9.17) is 14.2 Å². The number of rotatable bonds is 66. The van der Waals surface area contributed by atoms with Gasteiger partial charge in [-0.15, -0.1) is 0 Å². The van der Waals surface area contributed by atoms with Crippen molar-refractivity contribution in [1.29, 1.82) is 0 Å². The van der Waals surface area contributed by atoms with Gasteiger partial charge in [-0.1, -0.05) is 351 Å². The van der Waals surface area contributed by atoms with E-state index in [1.807, 2.05) is 6.08 Å². The van der Waals surface area contributed by atoms with Crippen molar-refractivity contribution in [3.8, 4) is 0 Å². The molecule has 0 aliphatic carbocycles. The number of ether oxygens (including phenoxy) is 3. The summed E-state index contributed by atoms with van der Waals surface area (Å²) in [6, 6.07) is -1.03. The molecule has 11 heteroatoms. The Morgan fingerprint density at radius 1 is 0.444 bits per heavy atom. The largest absolute Gasteiger partial charge is 0.454 e.